The van der Waals surface area contributed by atoms with Crippen molar-refractivity contribution in [2.45, 2.75) is 123 Å². The fourth-order valence-corrected chi connectivity index (χ4v) is 4.44. The van der Waals surface area contributed by atoms with E-state index in [0.717, 1.165) is 24.1 Å². The lowest BCUT2D eigenvalue weighted by atomic mass is 10.1. The largest absolute Gasteiger partial charge is 0.481 e. The minimum Gasteiger partial charge on any atom is -0.481 e. The number of carbonyl (C=O) groups excluding carboxylic acids is 4. The van der Waals surface area contributed by atoms with Crippen LogP contribution >= 0.6 is 0 Å². The lowest BCUT2D eigenvalue weighted by molar-refractivity contribution is -0.144. The van der Waals surface area contributed by atoms with E-state index in [9.17, 15) is 33.9 Å². The van der Waals surface area contributed by atoms with Crippen molar-refractivity contribution in [3.63, 3.8) is 0 Å². The smallest absolute Gasteiger partial charge is 0.326 e. The van der Waals surface area contributed by atoms with E-state index in [-0.39, 0.29) is 18.9 Å². The molecule has 0 spiro atoms. The van der Waals surface area contributed by atoms with E-state index in [1.807, 2.05) is 45.0 Å². The van der Waals surface area contributed by atoms with Crippen LogP contribution in [0.3, 0.4) is 0 Å². The molecule has 0 heterocycles. The second-order valence-corrected chi connectivity index (χ2v) is 11.9. The Morgan fingerprint density at radius 1 is 0.667 bits per heavy atom. The lowest BCUT2D eigenvalue weighted by Gasteiger charge is -2.23. The maximum atomic E-state index is 13.0. The van der Waals surface area contributed by atoms with Crippen molar-refractivity contribution in [2.75, 3.05) is 6.54 Å². The molecule has 0 aromatic heterocycles. The van der Waals surface area contributed by atoms with Crippen LogP contribution < -0.4 is 26.6 Å². The summed E-state index contributed by atoms with van der Waals surface area (Å²) in [4.78, 5) is 74.4. The Hall–Kier alpha value is -4.00. The third-order valence-corrected chi connectivity index (χ3v) is 6.85. The highest BCUT2D eigenvalue weighted by Gasteiger charge is 2.30. The monoisotopic (exact) mass is 633 g/mol. The van der Waals surface area contributed by atoms with Crippen molar-refractivity contribution in [1.29, 1.82) is 0 Å². The number of hydrogen-bond donors (Lipinski definition) is 7. The third kappa shape index (κ3) is 17.8. The minimum absolute atomic E-state index is 0.0723. The Balaban J connectivity index is 2.82. The molecule has 45 heavy (non-hydrogen) atoms. The van der Waals surface area contributed by atoms with Crippen molar-refractivity contribution in [1.82, 2.24) is 26.6 Å². The zero-order valence-electron chi connectivity index (χ0n) is 27.1. The molecule has 7 N–H and O–H groups in total. The van der Waals surface area contributed by atoms with Gasteiger partial charge in [0.05, 0.1) is 6.42 Å². The zero-order valence-corrected chi connectivity index (χ0v) is 27.1. The molecule has 252 valence electrons. The predicted molar refractivity (Wildman–Crippen MR) is 169 cm³/mol. The second kappa shape index (κ2) is 20.9. The van der Waals surface area contributed by atoms with Gasteiger partial charge in [0.25, 0.3) is 0 Å². The molecule has 13 nitrogen and oxygen atoms in total. The van der Waals surface area contributed by atoms with Crippen LogP contribution in [0.2, 0.25) is 0 Å². The summed E-state index contributed by atoms with van der Waals surface area (Å²) < 4.78 is 0. The van der Waals surface area contributed by atoms with Crippen molar-refractivity contribution < 1.29 is 39.0 Å². The van der Waals surface area contributed by atoms with Gasteiger partial charge in [-0.25, -0.2) is 4.79 Å². The molecular formula is C32H51N5O8. The van der Waals surface area contributed by atoms with E-state index in [1.165, 1.54) is 0 Å². The molecule has 0 saturated carbocycles. The van der Waals surface area contributed by atoms with Gasteiger partial charge in [-0.15, -0.1) is 0 Å². The Kier molecular flexibility index (Phi) is 18.1. The third-order valence-electron chi connectivity index (χ3n) is 6.85. The highest BCUT2D eigenvalue weighted by Crippen LogP contribution is 2.09. The number of nitrogens with one attached hydrogen (secondary N) is 5. The summed E-state index contributed by atoms with van der Waals surface area (Å²) in [7, 11) is 0. The fourth-order valence-electron chi connectivity index (χ4n) is 4.44. The summed E-state index contributed by atoms with van der Waals surface area (Å²) >= 11 is 0. The lowest BCUT2D eigenvalue weighted by Crippen LogP contribution is -2.54. The van der Waals surface area contributed by atoms with Gasteiger partial charge >= 0.3 is 11.9 Å². The highest BCUT2D eigenvalue weighted by atomic mass is 16.4. The van der Waals surface area contributed by atoms with Gasteiger partial charge in [-0.05, 0) is 71.4 Å². The predicted octanol–water partition coefficient (Wildman–Crippen LogP) is 1.80. The number of carboxylic acids is 2. The van der Waals surface area contributed by atoms with Gasteiger partial charge in [0, 0.05) is 24.9 Å². The van der Waals surface area contributed by atoms with Crippen LogP contribution in [0.1, 0.15) is 90.2 Å². The SMILES string of the molecule is Cc1ccc(CCCC(=O)NC(CCC(=O)O)C(=O)NC(CC(=O)NC(CCCCNC(C)C)C(=O)NC(C)C)C(=O)O)cc1. The van der Waals surface area contributed by atoms with E-state index >= 15 is 0 Å². The van der Waals surface area contributed by atoms with Gasteiger partial charge in [0.15, 0.2) is 0 Å². The van der Waals surface area contributed by atoms with Crippen molar-refractivity contribution >= 4 is 35.6 Å². The molecular weight excluding hydrogens is 582 g/mol. The first-order chi connectivity index (χ1) is 21.2. The average Bonchev–Trinajstić information content (AvgIpc) is 2.94. The number of amides is 4. The highest BCUT2D eigenvalue weighted by molar-refractivity contribution is 5.94. The van der Waals surface area contributed by atoms with E-state index in [0.29, 0.717) is 31.7 Å². The molecule has 0 aliphatic carbocycles. The van der Waals surface area contributed by atoms with E-state index in [4.69, 9.17) is 5.11 Å². The number of carboxylic acid groups (broad SMARTS) is 2. The summed E-state index contributed by atoms with van der Waals surface area (Å²) in [5.74, 6) is -5.25. The van der Waals surface area contributed by atoms with Gasteiger partial charge in [0.2, 0.25) is 23.6 Å². The molecule has 1 aromatic carbocycles. The summed E-state index contributed by atoms with van der Waals surface area (Å²) in [6.07, 6.45) is 1.53. The van der Waals surface area contributed by atoms with Gasteiger partial charge in [-0.1, -0.05) is 43.7 Å². The Morgan fingerprint density at radius 2 is 1.27 bits per heavy atom. The molecule has 0 aliphatic heterocycles. The standard InChI is InChI=1S/C32H51N5O8/c1-20(2)33-18-7-6-10-24(30(42)34-21(3)4)36-28(39)19-26(32(44)45)37-31(43)25(16-17-29(40)41)35-27(38)11-8-9-23-14-12-22(5)13-15-23/h12-15,20-21,24-26,33H,6-11,16-19H2,1-5H3,(H,34,42)(H,35,38)(H,36,39)(H,37,43)(H,40,41)(H,44,45). The normalized spacial score (nSPS) is 13.0. The number of unbranched alkanes of at least 4 members (excludes halogenated alkanes) is 1. The molecule has 1 rings (SSSR count). The van der Waals surface area contributed by atoms with Crippen LogP contribution in [0.4, 0.5) is 0 Å². The number of aryl methyl sites for hydroxylation is 2. The van der Waals surface area contributed by atoms with Crippen LogP contribution in [-0.2, 0) is 35.2 Å². The molecule has 0 bridgehead atoms. The van der Waals surface area contributed by atoms with Crippen LogP contribution in [0.25, 0.3) is 0 Å². The minimum atomic E-state index is -1.67. The van der Waals surface area contributed by atoms with Gasteiger partial charge in [-0.2, -0.15) is 0 Å². The molecule has 13 heteroatoms. The molecule has 4 amide bonds. The van der Waals surface area contributed by atoms with Gasteiger partial charge in [0.1, 0.15) is 18.1 Å². The van der Waals surface area contributed by atoms with Crippen molar-refractivity contribution in [2.24, 2.45) is 0 Å². The maximum absolute atomic E-state index is 13.0. The first-order valence-corrected chi connectivity index (χ1v) is 15.6. The summed E-state index contributed by atoms with van der Waals surface area (Å²) in [5, 5.41) is 32.2. The van der Waals surface area contributed by atoms with E-state index in [1.54, 1.807) is 13.8 Å². The molecule has 0 radical (unpaired) electrons. The number of aliphatic carboxylic acids is 2. The Labute approximate surface area is 265 Å². The number of carbonyl (C=O) groups is 6. The Bertz CT molecular complexity index is 1120. The molecule has 3 unspecified atom stereocenters. The quantitative estimate of drug-likeness (QED) is 0.0929. The average molecular weight is 634 g/mol. The van der Waals surface area contributed by atoms with E-state index in [2.05, 4.69) is 26.6 Å². The fraction of sp³-hybridized carbons (Fsp3) is 0.625. The van der Waals surface area contributed by atoms with Crippen LogP contribution in [0.5, 0.6) is 0 Å². The van der Waals surface area contributed by atoms with Crippen LogP contribution in [-0.4, -0.2) is 82.5 Å². The van der Waals surface area contributed by atoms with Gasteiger partial charge in [-0.3, -0.25) is 24.0 Å². The number of benzene rings is 1. The summed E-state index contributed by atoms with van der Waals surface area (Å²) in [5.41, 5.74) is 2.16. The molecule has 1 aromatic rings. The van der Waals surface area contributed by atoms with Crippen LogP contribution in [0.15, 0.2) is 24.3 Å². The second-order valence-electron chi connectivity index (χ2n) is 11.9. The van der Waals surface area contributed by atoms with Crippen molar-refractivity contribution in [3.8, 4) is 0 Å². The molecule has 0 fully saturated rings. The van der Waals surface area contributed by atoms with Gasteiger partial charge < -0.3 is 36.8 Å². The topological polar surface area (TPSA) is 203 Å². The Morgan fingerprint density at radius 3 is 1.84 bits per heavy atom. The maximum Gasteiger partial charge on any atom is 0.326 e. The van der Waals surface area contributed by atoms with Crippen molar-refractivity contribution in [3.05, 3.63) is 35.4 Å². The first-order valence-electron chi connectivity index (χ1n) is 15.6. The van der Waals surface area contributed by atoms with E-state index < -0.39 is 66.5 Å². The first kappa shape index (κ1) is 39.0. The summed E-state index contributed by atoms with van der Waals surface area (Å²) in [6.45, 7) is 10.3. The number of hydrogen-bond acceptors (Lipinski definition) is 7. The zero-order chi connectivity index (χ0) is 33.9. The number of rotatable bonds is 22. The molecule has 3 atom stereocenters. The molecule has 0 saturated heterocycles. The summed E-state index contributed by atoms with van der Waals surface area (Å²) in [6, 6.07) is 4.11. The van der Waals surface area contributed by atoms with Crippen LogP contribution in [0, 0.1) is 6.92 Å². The molecule has 0 aliphatic rings.